The van der Waals surface area contributed by atoms with Crippen LogP contribution in [0.2, 0.25) is 0 Å². The predicted molar refractivity (Wildman–Crippen MR) is 51.9 cm³/mol. The molecule has 1 aromatic rings. The molecule has 70 valence electrons. The molecule has 1 aliphatic rings. The molecule has 1 fully saturated rings. The summed E-state index contributed by atoms with van der Waals surface area (Å²) in [5, 5.41) is 2.94. The van der Waals surface area contributed by atoms with Crippen molar-refractivity contribution in [2.45, 2.75) is 12.5 Å². The lowest BCUT2D eigenvalue weighted by molar-refractivity contribution is 0.239. The SMILES string of the molecule is O=C(NC1CCSC1)n1ccnc1. The van der Waals surface area contributed by atoms with Crippen molar-refractivity contribution in [1.29, 1.82) is 0 Å². The van der Waals surface area contributed by atoms with E-state index < -0.39 is 0 Å². The first-order valence-electron chi connectivity index (χ1n) is 4.23. The molecular weight excluding hydrogens is 186 g/mol. The fraction of sp³-hybridized carbons (Fsp3) is 0.500. The Hall–Kier alpha value is -0.970. The number of nitrogens with one attached hydrogen (secondary N) is 1. The quantitative estimate of drug-likeness (QED) is 0.729. The number of amides is 1. The summed E-state index contributed by atoms with van der Waals surface area (Å²) in [6.07, 6.45) is 5.84. The molecule has 1 amide bonds. The Morgan fingerprint density at radius 2 is 2.62 bits per heavy atom. The van der Waals surface area contributed by atoms with Gasteiger partial charge in [-0.15, -0.1) is 0 Å². The van der Waals surface area contributed by atoms with Crippen LogP contribution in [0.25, 0.3) is 0 Å². The predicted octanol–water partition coefficient (Wildman–Crippen LogP) is 0.946. The first-order chi connectivity index (χ1) is 6.36. The Morgan fingerprint density at radius 3 is 3.23 bits per heavy atom. The zero-order valence-electron chi connectivity index (χ0n) is 7.14. The van der Waals surface area contributed by atoms with E-state index in [2.05, 4.69) is 10.3 Å². The molecule has 0 aromatic carbocycles. The average molecular weight is 197 g/mol. The topological polar surface area (TPSA) is 46.9 Å². The largest absolute Gasteiger partial charge is 0.334 e. The molecule has 2 heterocycles. The maximum absolute atomic E-state index is 11.5. The highest BCUT2D eigenvalue weighted by Gasteiger charge is 2.17. The van der Waals surface area contributed by atoms with E-state index in [-0.39, 0.29) is 6.03 Å². The van der Waals surface area contributed by atoms with Crippen LogP contribution in [0.1, 0.15) is 6.42 Å². The summed E-state index contributed by atoms with van der Waals surface area (Å²) in [6, 6.07) is 0.255. The first-order valence-corrected chi connectivity index (χ1v) is 5.38. The number of hydrogen-bond acceptors (Lipinski definition) is 3. The van der Waals surface area contributed by atoms with Gasteiger partial charge in [0.15, 0.2) is 0 Å². The third-order valence-corrected chi connectivity index (χ3v) is 3.16. The van der Waals surface area contributed by atoms with Crippen LogP contribution in [0.5, 0.6) is 0 Å². The van der Waals surface area contributed by atoms with Crippen molar-refractivity contribution in [3.63, 3.8) is 0 Å². The van der Waals surface area contributed by atoms with Crippen LogP contribution >= 0.6 is 11.8 Å². The fourth-order valence-electron chi connectivity index (χ4n) is 1.28. The number of rotatable bonds is 1. The molecule has 0 saturated carbocycles. The zero-order chi connectivity index (χ0) is 9.10. The number of imidazole rings is 1. The summed E-state index contributed by atoms with van der Waals surface area (Å²) in [5.41, 5.74) is 0. The maximum Gasteiger partial charge on any atom is 0.327 e. The molecule has 4 nitrogen and oxygen atoms in total. The Morgan fingerprint density at radius 1 is 1.69 bits per heavy atom. The van der Waals surface area contributed by atoms with Gasteiger partial charge in [0.1, 0.15) is 6.33 Å². The molecule has 5 heteroatoms. The first kappa shape index (κ1) is 8.62. The van der Waals surface area contributed by atoms with E-state index in [9.17, 15) is 4.79 Å². The molecule has 1 atom stereocenters. The van der Waals surface area contributed by atoms with Gasteiger partial charge in [0.05, 0.1) is 0 Å². The van der Waals surface area contributed by atoms with E-state index in [1.165, 1.54) is 10.9 Å². The molecule has 13 heavy (non-hydrogen) atoms. The van der Waals surface area contributed by atoms with Crippen LogP contribution in [-0.2, 0) is 0 Å². The number of aromatic nitrogens is 2. The number of hydrogen-bond donors (Lipinski definition) is 1. The van der Waals surface area contributed by atoms with Gasteiger partial charge in [-0.1, -0.05) is 0 Å². The van der Waals surface area contributed by atoms with Crippen LogP contribution in [0.15, 0.2) is 18.7 Å². The fourth-order valence-corrected chi connectivity index (χ4v) is 2.43. The molecule has 0 bridgehead atoms. The van der Waals surface area contributed by atoms with Crippen molar-refractivity contribution in [3.8, 4) is 0 Å². The van der Waals surface area contributed by atoms with Crippen molar-refractivity contribution >= 4 is 17.8 Å². The maximum atomic E-state index is 11.5. The van der Waals surface area contributed by atoms with Crippen molar-refractivity contribution < 1.29 is 4.79 Å². The second-order valence-corrected chi connectivity index (χ2v) is 4.13. The second kappa shape index (κ2) is 3.83. The lowest BCUT2D eigenvalue weighted by atomic mass is 10.3. The van der Waals surface area contributed by atoms with Gasteiger partial charge in [-0.2, -0.15) is 11.8 Å². The van der Waals surface area contributed by atoms with Crippen molar-refractivity contribution in [1.82, 2.24) is 14.9 Å². The highest BCUT2D eigenvalue weighted by atomic mass is 32.2. The van der Waals surface area contributed by atoms with E-state index >= 15 is 0 Å². The van der Waals surface area contributed by atoms with Gasteiger partial charge in [0, 0.05) is 24.2 Å². The normalized spacial score (nSPS) is 21.7. The van der Waals surface area contributed by atoms with E-state index in [0.717, 1.165) is 17.9 Å². The number of carbonyl (C=O) groups is 1. The highest BCUT2D eigenvalue weighted by Crippen LogP contribution is 2.16. The Balaban J connectivity index is 1.91. The Labute approximate surface area is 80.7 Å². The van der Waals surface area contributed by atoms with Gasteiger partial charge >= 0.3 is 6.03 Å². The van der Waals surface area contributed by atoms with Crippen LogP contribution in [0, 0.1) is 0 Å². The van der Waals surface area contributed by atoms with Gasteiger partial charge in [-0.05, 0) is 12.2 Å². The van der Waals surface area contributed by atoms with Crippen molar-refractivity contribution in [3.05, 3.63) is 18.7 Å². The summed E-state index contributed by atoms with van der Waals surface area (Å²) in [4.78, 5) is 15.3. The highest BCUT2D eigenvalue weighted by molar-refractivity contribution is 7.99. The molecule has 1 aromatic heterocycles. The minimum Gasteiger partial charge on any atom is -0.334 e. The third-order valence-electron chi connectivity index (χ3n) is 2.00. The van der Waals surface area contributed by atoms with Gasteiger partial charge < -0.3 is 5.32 Å². The Kier molecular flexibility index (Phi) is 2.54. The van der Waals surface area contributed by atoms with E-state index in [1.54, 1.807) is 12.4 Å². The molecule has 1 N–H and O–H groups in total. The van der Waals surface area contributed by atoms with Crippen LogP contribution < -0.4 is 5.32 Å². The van der Waals surface area contributed by atoms with E-state index in [4.69, 9.17) is 0 Å². The van der Waals surface area contributed by atoms with Gasteiger partial charge in [-0.25, -0.2) is 9.78 Å². The van der Waals surface area contributed by atoms with Gasteiger partial charge in [0.25, 0.3) is 0 Å². The molecule has 0 spiro atoms. The lowest BCUT2D eigenvalue weighted by Gasteiger charge is -2.10. The second-order valence-electron chi connectivity index (χ2n) is 2.98. The number of thioether (sulfide) groups is 1. The van der Waals surface area contributed by atoms with E-state index in [1.807, 2.05) is 11.8 Å². The minimum atomic E-state index is -0.0787. The number of carbonyl (C=O) groups excluding carboxylic acids is 1. The molecule has 0 radical (unpaired) electrons. The minimum absolute atomic E-state index is 0.0787. The monoisotopic (exact) mass is 197 g/mol. The summed E-state index contributed by atoms with van der Waals surface area (Å²) < 4.78 is 1.46. The number of nitrogens with zero attached hydrogens (tertiary/aromatic N) is 2. The molecule has 1 saturated heterocycles. The smallest absolute Gasteiger partial charge is 0.327 e. The molecule has 1 unspecified atom stereocenters. The Bertz CT molecular complexity index is 280. The molecule has 1 aliphatic heterocycles. The van der Waals surface area contributed by atoms with Crippen molar-refractivity contribution in [2.75, 3.05) is 11.5 Å². The van der Waals surface area contributed by atoms with Crippen LogP contribution in [0.4, 0.5) is 4.79 Å². The molecule has 2 rings (SSSR count). The summed E-state index contributed by atoms with van der Waals surface area (Å²) in [6.45, 7) is 0. The van der Waals surface area contributed by atoms with Gasteiger partial charge in [-0.3, -0.25) is 4.57 Å². The standard InChI is InChI=1S/C8H11N3OS/c12-8(11-3-2-9-6-11)10-7-1-4-13-5-7/h2-3,6-7H,1,4-5H2,(H,10,12). The van der Waals surface area contributed by atoms with E-state index in [0.29, 0.717) is 6.04 Å². The molecular formula is C8H11N3OS. The molecule has 0 aliphatic carbocycles. The summed E-state index contributed by atoms with van der Waals surface area (Å²) in [7, 11) is 0. The lowest BCUT2D eigenvalue weighted by Crippen LogP contribution is -2.37. The van der Waals surface area contributed by atoms with Gasteiger partial charge in [0.2, 0.25) is 0 Å². The zero-order valence-corrected chi connectivity index (χ0v) is 7.96. The summed E-state index contributed by atoms with van der Waals surface area (Å²) in [5.74, 6) is 2.18. The summed E-state index contributed by atoms with van der Waals surface area (Å²) >= 11 is 1.88. The van der Waals surface area contributed by atoms with Crippen LogP contribution in [0.3, 0.4) is 0 Å². The van der Waals surface area contributed by atoms with Crippen molar-refractivity contribution in [2.24, 2.45) is 0 Å². The third kappa shape index (κ3) is 2.03. The van der Waals surface area contributed by atoms with Crippen LogP contribution in [-0.4, -0.2) is 33.1 Å². The average Bonchev–Trinajstić information content (AvgIpc) is 2.74.